The highest BCUT2D eigenvalue weighted by atomic mass is 16.5. The molecule has 0 radical (unpaired) electrons. The number of rotatable bonds is 8. The molecule has 6 nitrogen and oxygen atoms in total. The SMILES string of the molecule is CCN(C(=O)NCCc1cc(OC)c(OC)c(OC)c1)c1ccccc1. The topological polar surface area (TPSA) is 60.0 Å². The van der Waals surface area contributed by atoms with E-state index in [4.69, 9.17) is 14.2 Å². The van der Waals surface area contributed by atoms with Gasteiger partial charge in [0, 0.05) is 18.8 Å². The average Bonchev–Trinajstić information content (AvgIpc) is 2.68. The van der Waals surface area contributed by atoms with E-state index in [1.807, 2.05) is 49.4 Å². The van der Waals surface area contributed by atoms with Crippen LogP contribution in [-0.4, -0.2) is 40.5 Å². The molecular formula is C20H26N2O4. The highest BCUT2D eigenvalue weighted by molar-refractivity contribution is 5.91. The van der Waals surface area contributed by atoms with Crippen LogP contribution in [0.15, 0.2) is 42.5 Å². The molecule has 2 amide bonds. The molecule has 0 atom stereocenters. The number of ether oxygens (including phenoxy) is 3. The predicted molar refractivity (Wildman–Crippen MR) is 103 cm³/mol. The zero-order chi connectivity index (χ0) is 18.9. The summed E-state index contributed by atoms with van der Waals surface area (Å²) >= 11 is 0. The van der Waals surface area contributed by atoms with Gasteiger partial charge in [-0.1, -0.05) is 18.2 Å². The first kappa shape index (κ1) is 19.4. The number of hydrogen-bond donors (Lipinski definition) is 1. The highest BCUT2D eigenvalue weighted by Gasteiger charge is 2.15. The van der Waals surface area contributed by atoms with Gasteiger partial charge in [-0.25, -0.2) is 4.79 Å². The third-order valence-corrected chi connectivity index (χ3v) is 4.04. The van der Waals surface area contributed by atoms with E-state index in [2.05, 4.69) is 5.32 Å². The van der Waals surface area contributed by atoms with Gasteiger partial charge in [0.05, 0.1) is 21.3 Å². The van der Waals surface area contributed by atoms with Crippen LogP contribution in [0.1, 0.15) is 12.5 Å². The first-order valence-corrected chi connectivity index (χ1v) is 8.53. The molecule has 0 saturated carbocycles. The van der Waals surface area contributed by atoms with Crippen LogP contribution in [0.25, 0.3) is 0 Å². The van der Waals surface area contributed by atoms with Gasteiger partial charge < -0.3 is 19.5 Å². The molecule has 0 aliphatic carbocycles. The Morgan fingerprint density at radius 1 is 1.00 bits per heavy atom. The number of urea groups is 1. The third kappa shape index (κ3) is 4.59. The van der Waals surface area contributed by atoms with Crippen molar-refractivity contribution < 1.29 is 19.0 Å². The van der Waals surface area contributed by atoms with Gasteiger partial charge in [-0.15, -0.1) is 0 Å². The molecule has 0 saturated heterocycles. The Kier molecular flexibility index (Phi) is 7.14. The molecule has 0 bridgehead atoms. The largest absolute Gasteiger partial charge is 0.493 e. The van der Waals surface area contributed by atoms with Gasteiger partial charge in [-0.2, -0.15) is 0 Å². The number of para-hydroxylation sites is 1. The number of carbonyl (C=O) groups is 1. The van der Waals surface area contributed by atoms with Crippen LogP contribution in [-0.2, 0) is 6.42 Å². The number of nitrogens with zero attached hydrogens (tertiary/aromatic N) is 1. The van der Waals surface area contributed by atoms with Crippen molar-refractivity contribution in [3.63, 3.8) is 0 Å². The number of benzene rings is 2. The minimum Gasteiger partial charge on any atom is -0.493 e. The predicted octanol–water partition coefficient (Wildman–Crippen LogP) is 3.49. The summed E-state index contributed by atoms with van der Waals surface area (Å²) in [7, 11) is 4.74. The minimum absolute atomic E-state index is 0.119. The fraction of sp³-hybridized carbons (Fsp3) is 0.350. The third-order valence-electron chi connectivity index (χ3n) is 4.04. The molecule has 0 aliphatic rings. The lowest BCUT2D eigenvalue weighted by atomic mass is 10.1. The highest BCUT2D eigenvalue weighted by Crippen LogP contribution is 2.38. The minimum atomic E-state index is -0.119. The molecule has 0 aromatic heterocycles. The monoisotopic (exact) mass is 358 g/mol. The quantitative estimate of drug-likeness (QED) is 0.785. The first-order chi connectivity index (χ1) is 12.6. The van der Waals surface area contributed by atoms with E-state index in [-0.39, 0.29) is 6.03 Å². The van der Waals surface area contributed by atoms with Gasteiger partial charge in [-0.05, 0) is 43.2 Å². The maximum absolute atomic E-state index is 12.5. The number of amides is 2. The molecule has 0 unspecified atom stereocenters. The van der Waals surface area contributed by atoms with Crippen LogP contribution >= 0.6 is 0 Å². The lowest BCUT2D eigenvalue weighted by molar-refractivity contribution is 0.246. The molecule has 26 heavy (non-hydrogen) atoms. The van der Waals surface area contributed by atoms with Gasteiger partial charge in [0.15, 0.2) is 11.5 Å². The lowest BCUT2D eigenvalue weighted by Crippen LogP contribution is -2.40. The molecule has 2 rings (SSSR count). The Balaban J connectivity index is 2.01. The summed E-state index contributed by atoms with van der Waals surface area (Å²) in [5.74, 6) is 1.77. The summed E-state index contributed by atoms with van der Waals surface area (Å²) in [5, 5.41) is 2.96. The van der Waals surface area contributed by atoms with E-state index in [9.17, 15) is 4.79 Å². The standard InChI is InChI=1S/C20H26N2O4/c1-5-22(16-9-7-6-8-10-16)20(23)21-12-11-15-13-17(24-2)19(26-4)18(14-15)25-3/h6-10,13-14H,5,11-12H2,1-4H3,(H,21,23). The smallest absolute Gasteiger partial charge is 0.321 e. The lowest BCUT2D eigenvalue weighted by Gasteiger charge is -2.21. The first-order valence-electron chi connectivity index (χ1n) is 8.53. The van der Waals surface area contributed by atoms with Crippen molar-refractivity contribution in [1.29, 1.82) is 0 Å². The number of methoxy groups -OCH3 is 3. The maximum atomic E-state index is 12.5. The van der Waals surface area contributed by atoms with Crippen LogP contribution in [0.2, 0.25) is 0 Å². The van der Waals surface area contributed by atoms with E-state index >= 15 is 0 Å². The Morgan fingerprint density at radius 3 is 2.12 bits per heavy atom. The molecule has 2 aromatic rings. The molecule has 0 spiro atoms. The molecule has 1 N–H and O–H groups in total. The van der Waals surface area contributed by atoms with Gasteiger partial charge in [-0.3, -0.25) is 4.90 Å². The Bertz CT molecular complexity index is 694. The van der Waals surface area contributed by atoms with Crippen LogP contribution in [0, 0.1) is 0 Å². The maximum Gasteiger partial charge on any atom is 0.321 e. The van der Waals surface area contributed by atoms with E-state index in [1.165, 1.54) is 0 Å². The van der Waals surface area contributed by atoms with Crippen molar-refractivity contribution >= 4 is 11.7 Å². The molecule has 2 aromatic carbocycles. The van der Waals surface area contributed by atoms with E-state index < -0.39 is 0 Å². The van der Waals surface area contributed by atoms with Crippen molar-refractivity contribution in [2.45, 2.75) is 13.3 Å². The van der Waals surface area contributed by atoms with Gasteiger partial charge in [0.2, 0.25) is 5.75 Å². The van der Waals surface area contributed by atoms with Gasteiger partial charge >= 0.3 is 6.03 Å². The second kappa shape index (κ2) is 9.56. The van der Waals surface area contributed by atoms with Crippen molar-refractivity contribution in [1.82, 2.24) is 5.32 Å². The number of carbonyl (C=O) groups excluding carboxylic acids is 1. The van der Waals surface area contributed by atoms with Crippen molar-refractivity contribution in [2.75, 3.05) is 39.3 Å². The molecule has 6 heteroatoms. The zero-order valence-electron chi connectivity index (χ0n) is 15.7. The molecular weight excluding hydrogens is 332 g/mol. The average molecular weight is 358 g/mol. The zero-order valence-corrected chi connectivity index (χ0v) is 15.7. The Hall–Kier alpha value is -2.89. The number of nitrogens with one attached hydrogen (secondary N) is 1. The van der Waals surface area contributed by atoms with E-state index in [0.29, 0.717) is 36.8 Å². The van der Waals surface area contributed by atoms with Crippen LogP contribution in [0.5, 0.6) is 17.2 Å². The fourth-order valence-corrected chi connectivity index (χ4v) is 2.74. The van der Waals surface area contributed by atoms with Gasteiger partial charge in [0.25, 0.3) is 0 Å². The fourth-order valence-electron chi connectivity index (χ4n) is 2.74. The van der Waals surface area contributed by atoms with Crippen LogP contribution < -0.4 is 24.4 Å². The summed E-state index contributed by atoms with van der Waals surface area (Å²) in [4.78, 5) is 14.2. The normalized spacial score (nSPS) is 10.2. The van der Waals surface area contributed by atoms with E-state index in [1.54, 1.807) is 26.2 Å². The summed E-state index contributed by atoms with van der Waals surface area (Å²) in [6.45, 7) is 3.05. The summed E-state index contributed by atoms with van der Waals surface area (Å²) < 4.78 is 16.0. The Labute approximate surface area is 154 Å². The van der Waals surface area contributed by atoms with E-state index in [0.717, 1.165) is 11.3 Å². The summed E-state index contributed by atoms with van der Waals surface area (Å²) in [6, 6.07) is 13.3. The second-order valence-electron chi connectivity index (χ2n) is 5.60. The number of anilines is 1. The number of hydrogen-bond acceptors (Lipinski definition) is 4. The molecule has 0 aliphatic heterocycles. The van der Waals surface area contributed by atoms with Crippen molar-refractivity contribution in [3.8, 4) is 17.2 Å². The van der Waals surface area contributed by atoms with Crippen molar-refractivity contribution in [2.24, 2.45) is 0 Å². The Morgan fingerprint density at radius 2 is 1.62 bits per heavy atom. The summed E-state index contributed by atoms with van der Waals surface area (Å²) in [5.41, 5.74) is 1.86. The summed E-state index contributed by atoms with van der Waals surface area (Å²) in [6.07, 6.45) is 0.648. The van der Waals surface area contributed by atoms with Crippen molar-refractivity contribution in [3.05, 3.63) is 48.0 Å². The molecule has 0 heterocycles. The molecule has 140 valence electrons. The second-order valence-corrected chi connectivity index (χ2v) is 5.60. The van der Waals surface area contributed by atoms with Gasteiger partial charge in [0.1, 0.15) is 0 Å². The van der Waals surface area contributed by atoms with Crippen LogP contribution in [0.4, 0.5) is 10.5 Å². The van der Waals surface area contributed by atoms with Crippen LogP contribution in [0.3, 0.4) is 0 Å². The molecule has 0 fully saturated rings.